The number of rotatable bonds is 10. The van der Waals surface area contributed by atoms with Crippen LogP contribution in [0.3, 0.4) is 0 Å². The molecule has 1 atom stereocenters. The summed E-state index contributed by atoms with van der Waals surface area (Å²) in [7, 11) is -2.80. The van der Waals surface area contributed by atoms with E-state index in [0.29, 0.717) is 23.3 Å². The Kier molecular flexibility index (Phi) is 8.95. The molecule has 35 heavy (non-hydrogen) atoms. The van der Waals surface area contributed by atoms with Crippen molar-refractivity contribution in [1.29, 1.82) is 0 Å². The van der Waals surface area contributed by atoms with E-state index in [1.807, 2.05) is 31.4 Å². The number of hydrogen-bond acceptors (Lipinski definition) is 7. The molecule has 0 spiro atoms. The first kappa shape index (κ1) is 26.3. The summed E-state index contributed by atoms with van der Waals surface area (Å²) in [6.07, 6.45) is 2.32. The minimum absolute atomic E-state index is 0.0286. The number of methoxy groups -OCH3 is 1. The van der Waals surface area contributed by atoms with Crippen LogP contribution in [0.5, 0.6) is 5.75 Å². The van der Waals surface area contributed by atoms with Gasteiger partial charge in [0.25, 0.3) is 5.91 Å². The molecule has 0 unspecified atom stereocenters. The molecule has 0 aliphatic carbocycles. The second-order valence-corrected chi connectivity index (χ2v) is 10.3. The van der Waals surface area contributed by atoms with Crippen molar-refractivity contribution in [2.24, 2.45) is 0 Å². The Labute approximate surface area is 210 Å². The molecule has 0 bridgehead atoms. The van der Waals surface area contributed by atoms with Gasteiger partial charge in [-0.2, -0.15) is 20.2 Å². The summed E-state index contributed by atoms with van der Waals surface area (Å²) in [6.45, 7) is 1.86. The first-order chi connectivity index (χ1) is 16.7. The second-order valence-electron chi connectivity index (χ2n) is 7.75. The average molecular weight is 514 g/mol. The number of esters is 1. The minimum Gasteiger partial charge on any atom is -0.467 e. The van der Waals surface area contributed by atoms with Crippen molar-refractivity contribution in [3.63, 3.8) is 0 Å². The normalized spacial score (nSPS) is 12.0. The number of benzene rings is 3. The third-order valence-corrected chi connectivity index (χ3v) is 7.14. The summed E-state index contributed by atoms with van der Waals surface area (Å²) in [5.74, 6) is -0.283. The lowest BCUT2D eigenvalue weighted by Crippen LogP contribution is -2.42. The number of thioether (sulfide) groups is 1. The Hall–Kier alpha value is -3.30. The van der Waals surface area contributed by atoms with E-state index in [4.69, 9.17) is 8.92 Å². The van der Waals surface area contributed by atoms with Crippen LogP contribution in [-0.2, 0) is 19.6 Å². The van der Waals surface area contributed by atoms with Gasteiger partial charge in [-0.1, -0.05) is 48.0 Å². The highest BCUT2D eigenvalue weighted by Gasteiger charge is 2.24. The lowest BCUT2D eigenvalue weighted by Gasteiger charge is -2.18. The van der Waals surface area contributed by atoms with Gasteiger partial charge in [0.1, 0.15) is 16.7 Å². The van der Waals surface area contributed by atoms with E-state index in [0.717, 1.165) is 5.56 Å². The molecule has 3 rings (SSSR count). The molecule has 3 aromatic carbocycles. The van der Waals surface area contributed by atoms with Gasteiger partial charge in [0, 0.05) is 5.56 Å². The number of nitrogens with one attached hydrogen (secondary N) is 1. The van der Waals surface area contributed by atoms with Crippen molar-refractivity contribution in [3.8, 4) is 16.9 Å². The Balaban J connectivity index is 1.96. The summed E-state index contributed by atoms with van der Waals surface area (Å²) in [5, 5.41) is 2.74. The lowest BCUT2D eigenvalue weighted by molar-refractivity contribution is -0.142. The van der Waals surface area contributed by atoms with Crippen LogP contribution >= 0.6 is 11.8 Å². The summed E-state index contributed by atoms with van der Waals surface area (Å²) >= 11 is 1.55. The molecule has 0 aromatic heterocycles. The van der Waals surface area contributed by atoms with Crippen molar-refractivity contribution < 1.29 is 26.9 Å². The van der Waals surface area contributed by atoms with Gasteiger partial charge in [0.15, 0.2) is 0 Å². The zero-order chi connectivity index (χ0) is 25.4. The zero-order valence-corrected chi connectivity index (χ0v) is 21.3. The van der Waals surface area contributed by atoms with Crippen LogP contribution in [0.4, 0.5) is 0 Å². The highest BCUT2D eigenvalue weighted by atomic mass is 32.2. The smallest absolute Gasteiger partial charge is 0.339 e. The van der Waals surface area contributed by atoms with Crippen LogP contribution in [-0.4, -0.2) is 45.5 Å². The van der Waals surface area contributed by atoms with E-state index in [9.17, 15) is 18.0 Å². The number of aryl methyl sites for hydroxylation is 1. The van der Waals surface area contributed by atoms with Gasteiger partial charge in [-0.3, -0.25) is 4.79 Å². The van der Waals surface area contributed by atoms with Gasteiger partial charge in [-0.15, -0.1) is 0 Å². The van der Waals surface area contributed by atoms with Crippen LogP contribution in [0.15, 0.2) is 77.7 Å². The Morgan fingerprint density at radius 3 is 2.31 bits per heavy atom. The van der Waals surface area contributed by atoms with Gasteiger partial charge in [0.05, 0.1) is 7.11 Å². The third kappa shape index (κ3) is 6.86. The van der Waals surface area contributed by atoms with Gasteiger partial charge >= 0.3 is 16.1 Å². The van der Waals surface area contributed by atoms with Crippen LogP contribution in [0.2, 0.25) is 0 Å². The minimum atomic E-state index is -4.07. The Morgan fingerprint density at radius 2 is 1.69 bits per heavy atom. The molecular weight excluding hydrogens is 486 g/mol. The molecule has 0 aliphatic heterocycles. The second kappa shape index (κ2) is 11.9. The fourth-order valence-electron chi connectivity index (χ4n) is 3.37. The summed E-state index contributed by atoms with van der Waals surface area (Å²) in [6, 6.07) is 19.0. The molecule has 0 heterocycles. The van der Waals surface area contributed by atoms with E-state index >= 15 is 0 Å². The Bertz CT molecular complexity index is 1270. The van der Waals surface area contributed by atoms with Gasteiger partial charge < -0.3 is 14.2 Å². The molecule has 1 N–H and O–H groups in total. The van der Waals surface area contributed by atoms with Crippen molar-refractivity contribution in [2.45, 2.75) is 24.3 Å². The zero-order valence-electron chi connectivity index (χ0n) is 19.7. The lowest BCUT2D eigenvalue weighted by atomic mass is 9.98. The number of carbonyl (C=O) groups is 2. The summed E-state index contributed by atoms with van der Waals surface area (Å²) in [5.41, 5.74) is 2.35. The largest absolute Gasteiger partial charge is 0.467 e. The van der Waals surface area contributed by atoms with Gasteiger partial charge in [0.2, 0.25) is 0 Å². The molecule has 0 aliphatic rings. The van der Waals surface area contributed by atoms with Crippen molar-refractivity contribution in [2.75, 3.05) is 19.1 Å². The molecule has 0 fully saturated rings. The molecule has 184 valence electrons. The van der Waals surface area contributed by atoms with Crippen molar-refractivity contribution in [1.82, 2.24) is 5.32 Å². The predicted octanol–water partition coefficient (Wildman–Crippen LogP) is 4.45. The van der Waals surface area contributed by atoms with E-state index in [1.54, 1.807) is 36.0 Å². The highest BCUT2D eigenvalue weighted by molar-refractivity contribution is 7.98. The first-order valence-corrected chi connectivity index (χ1v) is 13.6. The molecule has 0 radical (unpaired) electrons. The van der Waals surface area contributed by atoms with Crippen molar-refractivity contribution in [3.05, 3.63) is 83.9 Å². The maximum Gasteiger partial charge on any atom is 0.339 e. The van der Waals surface area contributed by atoms with Crippen LogP contribution in [0.25, 0.3) is 11.1 Å². The molecule has 1 amide bonds. The number of carbonyl (C=O) groups excluding carboxylic acids is 2. The van der Waals surface area contributed by atoms with E-state index in [2.05, 4.69) is 5.32 Å². The van der Waals surface area contributed by atoms with E-state index in [-0.39, 0.29) is 16.2 Å². The molecule has 9 heteroatoms. The SMILES string of the molecule is COC(=O)[C@H](CCSC)NC(=O)c1ccc(OS(=O)(=O)c2ccc(C)cc2)cc1-c1ccccc1. The van der Waals surface area contributed by atoms with Gasteiger partial charge in [-0.25, -0.2) is 4.79 Å². The quantitative estimate of drug-likeness (QED) is 0.316. The molecule has 7 nitrogen and oxygen atoms in total. The van der Waals surface area contributed by atoms with Crippen LogP contribution < -0.4 is 9.50 Å². The molecular formula is C26H27NO6S2. The van der Waals surface area contributed by atoms with Crippen LogP contribution in [0, 0.1) is 6.92 Å². The number of ether oxygens (including phenoxy) is 1. The number of hydrogen-bond donors (Lipinski definition) is 1. The third-order valence-electron chi connectivity index (χ3n) is 5.24. The highest BCUT2D eigenvalue weighted by Crippen LogP contribution is 2.30. The summed E-state index contributed by atoms with van der Waals surface area (Å²) in [4.78, 5) is 25.4. The maximum absolute atomic E-state index is 13.2. The monoisotopic (exact) mass is 513 g/mol. The molecule has 3 aromatic rings. The topological polar surface area (TPSA) is 98.8 Å². The number of amides is 1. The molecule has 0 saturated heterocycles. The van der Waals surface area contributed by atoms with Gasteiger partial charge in [-0.05, 0) is 66.8 Å². The first-order valence-electron chi connectivity index (χ1n) is 10.8. The Morgan fingerprint density at radius 1 is 1.00 bits per heavy atom. The fraction of sp³-hybridized carbons (Fsp3) is 0.231. The predicted molar refractivity (Wildman–Crippen MR) is 137 cm³/mol. The maximum atomic E-state index is 13.2. The van der Waals surface area contributed by atoms with E-state index in [1.165, 1.54) is 37.4 Å². The average Bonchev–Trinajstić information content (AvgIpc) is 2.86. The van der Waals surface area contributed by atoms with E-state index < -0.39 is 28.0 Å². The molecule has 0 saturated carbocycles. The van der Waals surface area contributed by atoms with Crippen molar-refractivity contribution >= 4 is 33.8 Å². The standard InChI is InChI=1S/C26H27NO6S2/c1-18-9-12-21(13-10-18)35(30,31)33-20-11-14-22(23(17-20)19-7-5-4-6-8-19)25(28)27-24(15-16-34-3)26(29)32-2/h4-14,17,24H,15-16H2,1-3H3,(H,27,28)/t24-/m0/s1. The van der Waals surface area contributed by atoms with Crippen LogP contribution in [0.1, 0.15) is 22.3 Å². The summed E-state index contributed by atoms with van der Waals surface area (Å²) < 4.78 is 35.8. The fourth-order valence-corrected chi connectivity index (χ4v) is 4.77.